The predicted molar refractivity (Wildman–Crippen MR) is 87.0 cm³/mol. The molecule has 1 aromatic rings. The Morgan fingerprint density at radius 2 is 1.48 bits per heavy atom. The first-order valence-electron chi connectivity index (χ1n) is 8.30. The molecule has 0 aliphatic carbocycles. The molecule has 0 unspecified atom stereocenters. The quantitative estimate of drug-likeness (QED) is 0.523. The molecule has 1 aromatic carbocycles. The molecular weight excluding hydrogens is 262 g/mol. The van der Waals surface area contributed by atoms with E-state index in [9.17, 15) is 9.90 Å². The van der Waals surface area contributed by atoms with Gasteiger partial charge in [-0.25, -0.2) is 0 Å². The van der Waals surface area contributed by atoms with Crippen LogP contribution in [0.4, 0.5) is 5.69 Å². The van der Waals surface area contributed by atoms with E-state index in [-0.39, 0.29) is 11.7 Å². The van der Waals surface area contributed by atoms with Crippen molar-refractivity contribution < 1.29 is 9.90 Å². The van der Waals surface area contributed by atoms with Crippen molar-refractivity contribution in [3.05, 3.63) is 24.3 Å². The van der Waals surface area contributed by atoms with E-state index in [4.69, 9.17) is 0 Å². The van der Waals surface area contributed by atoms with Crippen LogP contribution in [-0.4, -0.2) is 5.91 Å². The van der Waals surface area contributed by atoms with Crippen LogP contribution in [0.15, 0.2) is 24.3 Å². The summed E-state index contributed by atoms with van der Waals surface area (Å²) in [6.45, 7) is 2.23. The van der Waals surface area contributed by atoms with Crippen molar-refractivity contribution in [3.63, 3.8) is 0 Å². The maximum Gasteiger partial charge on any atom is 0.224 e. The first-order chi connectivity index (χ1) is 10.2. The predicted octanol–water partition coefficient (Wildman–Crippen LogP) is 5.69. The molecule has 1 N–H and O–H groups in total. The molecule has 1 amide bonds. The van der Waals surface area contributed by atoms with E-state index >= 15 is 0 Å². The van der Waals surface area contributed by atoms with Gasteiger partial charge in [0.05, 0.1) is 5.69 Å². The Bertz CT molecular complexity index is 404. The van der Waals surface area contributed by atoms with E-state index in [0.717, 1.165) is 12.8 Å². The summed E-state index contributed by atoms with van der Waals surface area (Å²) in [5, 5.41) is 14.1. The first kappa shape index (κ1) is 17.5. The number of para-hydroxylation sites is 2. The third-order valence-corrected chi connectivity index (χ3v) is 3.67. The molecule has 21 heavy (non-hydrogen) atoms. The maximum absolute atomic E-state index is 11.7. The van der Waals surface area contributed by atoms with Crippen LogP contribution < -0.4 is 5.32 Å². The molecule has 0 aliphatic heterocycles. The molecule has 0 bridgehead atoms. The van der Waals surface area contributed by atoms with Crippen LogP contribution in [0, 0.1) is 0 Å². The molecule has 1 radical (unpaired) electrons. The Kier molecular flexibility index (Phi) is 9.34. The molecule has 0 heterocycles. The molecule has 0 spiro atoms. The third-order valence-electron chi connectivity index (χ3n) is 3.67. The lowest BCUT2D eigenvalue weighted by Crippen LogP contribution is -2.10. The van der Waals surface area contributed by atoms with Gasteiger partial charge in [0.1, 0.15) is 0 Å². The van der Waals surface area contributed by atoms with Crippen molar-refractivity contribution in [2.24, 2.45) is 0 Å². The lowest BCUT2D eigenvalue weighted by atomic mass is 10.1. The number of anilines is 1. The second kappa shape index (κ2) is 11.2. The Morgan fingerprint density at radius 3 is 2.10 bits per heavy atom. The maximum atomic E-state index is 11.7. The molecule has 0 aromatic heterocycles. The molecule has 0 saturated carbocycles. The smallest absolute Gasteiger partial charge is 0.224 e. The van der Waals surface area contributed by atoms with E-state index < -0.39 is 0 Å². The van der Waals surface area contributed by atoms with Crippen LogP contribution in [-0.2, 0) is 9.90 Å². The number of benzene rings is 1. The minimum absolute atomic E-state index is 0.0544. The summed E-state index contributed by atoms with van der Waals surface area (Å²) in [4.78, 5) is 11.7. The van der Waals surface area contributed by atoms with Crippen LogP contribution in [0.5, 0.6) is 5.75 Å². The molecule has 3 heteroatoms. The number of unbranched alkanes of at least 4 members (excludes halogenated alkanes) is 8. The van der Waals surface area contributed by atoms with Gasteiger partial charge in [0.25, 0.3) is 0 Å². The van der Waals surface area contributed by atoms with Gasteiger partial charge in [0.15, 0.2) is 0 Å². The van der Waals surface area contributed by atoms with Gasteiger partial charge in [-0.15, -0.1) is 0 Å². The van der Waals surface area contributed by atoms with Gasteiger partial charge in [0, 0.05) is 6.42 Å². The van der Waals surface area contributed by atoms with Crippen LogP contribution in [0.2, 0.25) is 0 Å². The van der Waals surface area contributed by atoms with E-state index in [1.54, 1.807) is 18.2 Å². The molecular formula is C18H28NO2. The zero-order chi connectivity index (χ0) is 15.3. The Hall–Kier alpha value is -1.51. The van der Waals surface area contributed by atoms with Crippen molar-refractivity contribution in [1.29, 1.82) is 0 Å². The summed E-state index contributed by atoms with van der Waals surface area (Å²) in [6.07, 6.45) is 11.6. The van der Waals surface area contributed by atoms with Crippen LogP contribution >= 0.6 is 0 Å². The summed E-state index contributed by atoms with van der Waals surface area (Å²) in [6, 6.07) is 6.55. The normalized spacial score (nSPS) is 10.5. The average molecular weight is 290 g/mol. The van der Waals surface area contributed by atoms with Crippen molar-refractivity contribution in [2.45, 2.75) is 71.1 Å². The van der Waals surface area contributed by atoms with E-state index in [0.29, 0.717) is 12.1 Å². The molecule has 1 rings (SSSR count). The number of hydrogen-bond donors (Lipinski definition) is 1. The third kappa shape index (κ3) is 8.38. The standard InChI is InChI=1S/C18H28NO2/c1-2-3-4-5-6-7-8-9-10-15-18(21)19-16-13-11-12-14-17(16)20/h11-14H,2-10,15H2,1H3,(H,19,21). The number of nitrogens with one attached hydrogen (secondary N) is 1. The number of carbonyl (C=O) groups is 1. The Balaban J connectivity index is 2.00. The van der Waals surface area contributed by atoms with E-state index in [2.05, 4.69) is 12.2 Å². The fraction of sp³-hybridized carbons (Fsp3) is 0.611. The highest BCUT2D eigenvalue weighted by molar-refractivity contribution is 5.92. The van der Waals surface area contributed by atoms with Crippen molar-refractivity contribution >= 4 is 11.6 Å². The van der Waals surface area contributed by atoms with E-state index in [1.807, 2.05) is 0 Å². The zero-order valence-corrected chi connectivity index (χ0v) is 13.2. The molecule has 117 valence electrons. The summed E-state index contributed by atoms with van der Waals surface area (Å²) >= 11 is 0. The van der Waals surface area contributed by atoms with Crippen molar-refractivity contribution in [3.8, 4) is 5.75 Å². The van der Waals surface area contributed by atoms with Gasteiger partial charge in [-0.3, -0.25) is 9.90 Å². The summed E-state index contributed by atoms with van der Waals surface area (Å²) in [5.74, 6) is -0.181. The molecule has 0 aliphatic rings. The summed E-state index contributed by atoms with van der Waals surface area (Å²) in [7, 11) is 0. The van der Waals surface area contributed by atoms with Crippen molar-refractivity contribution in [1.82, 2.24) is 0 Å². The highest BCUT2D eigenvalue weighted by atomic mass is 16.3. The SMILES string of the molecule is CCCCCCCCCCCC(=O)Nc1ccccc1[O]. The van der Waals surface area contributed by atoms with Crippen LogP contribution in [0.1, 0.15) is 71.1 Å². The van der Waals surface area contributed by atoms with Crippen LogP contribution in [0.3, 0.4) is 0 Å². The molecule has 0 atom stereocenters. The van der Waals surface area contributed by atoms with Gasteiger partial charge < -0.3 is 5.32 Å². The number of amides is 1. The van der Waals surface area contributed by atoms with E-state index in [1.165, 1.54) is 51.0 Å². The highest BCUT2D eigenvalue weighted by Gasteiger charge is 2.06. The average Bonchev–Trinajstić information content (AvgIpc) is 2.48. The topological polar surface area (TPSA) is 49.0 Å². The summed E-state index contributed by atoms with van der Waals surface area (Å²) < 4.78 is 0. The largest absolute Gasteiger partial charge is 0.323 e. The van der Waals surface area contributed by atoms with Gasteiger partial charge >= 0.3 is 0 Å². The number of carbonyl (C=O) groups excluding carboxylic acids is 1. The van der Waals surface area contributed by atoms with Crippen molar-refractivity contribution in [2.75, 3.05) is 5.32 Å². The molecule has 3 nitrogen and oxygen atoms in total. The zero-order valence-electron chi connectivity index (χ0n) is 13.2. The summed E-state index contributed by atoms with van der Waals surface area (Å²) in [5.41, 5.74) is 0.387. The Morgan fingerprint density at radius 1 is 0.905 bits per heavy atom. The monoisotopic (exact) mass is 290 g/mol. The van der Waals surface area contributed by atoms with Gasteiger partial charge in [-0.2, -0.15) is 0 Å². The second-order valence-electron chi connectivity index (χ2n) is 5.62. The van der Waals surface area contributed by atoms with Crippen LogP contribution in [0.25, 0.3) is 0 Å². The molecule has 0 fully saturated rings. The minimum atomic E-state index is -0.127. The number of rotatable bonds is 11. The lowest BCUT2D eigenvalue weighted by molar-refractivity contribution is -0.116. The van der Waals surface area contributed by atoms with Gasteiger partial charge in [-0.05, 0) is 18.6 Å². The Labute approximate surface area is 128 Å². The fourth-order valence-corrected chi connectivity index (χ4v) is 2.38. The second-order valence-corrected chi connectivity index (χ2v) is 5.62. The lowest BCUT2D eigenvalue weighted by Gasteiger charge is -2.05. The minimum Gasteiger partial charge on any atom is -0.323 e. The number of hydrogen-bond acceptors (Lipinski definition) is 1. The van der Waals surface area contributed by atoms with Gasteiger partial charge in [-0.1, -0.05) is 70.4 Å². The highest BCUT2D eigenvalue weighted by Crippen LogP contribution is 2.22. The first-order valence-corrected chi connectivity index (χ1v) is 8.30. The van der Waals surface area contributed by atoms with Gasteiger partial charge in [0.2, 0.25) is 11.7 Å². The fourth-order valence-electron chi connectivity index (χ4n) is 2.38. The molecule has 0 saturated heterocycles.